The molecule has 0 unspecified atom stereocenters. The Morgan fingerprint density at radius 1 is 0.839 bits per heavy atom. The maximum atomic E-state index is 13.0. The van der Waals surface area contributed by atoms with Gasteiger partial charge in [0.05, 0.1) is 5.56 Å². The Labute approximate surface area is 179 Å². The Morgan fingerprint density at radius 3 is 2.29 bits per heavy atom. The number of ketones is 1. The molecule has 1 aromatic heterocycles. The molecule has 31 heavy (non-hydrogen) atoms. The Hall–Kier alpha value is -4.06. The molecule has 1 heterocycles. The van der Waals surface area contributed by atoms with E-state index < -0.39 is 5.97 Å². The first-order valence-corrected chi connectivity index (χ1v) is 9.79. The number of rotatable bonds is 6. The monoisotopic (exact) mass is 412 g/mol. The topological polar surface area (TPSA) is 82.3 Å². The van der Waals surface area contributed by atoms with Crippen molar-refractivity contribution in [3.8, 4) is 11.5 Å². The highest BCUT2D eigenvalue weighted by molar-refractivity contribution is 6.14. The molecule has 154 valence electrons. The minimum absolute atomic E-state index is 0.171. The SMILES string of the molecule is Cc1ccc(C(=O)c2ccccc2C(=O)OCc2nnc(-c3ccccc3)o2)cc1C. The minimum Gasteiger partial charge on any atom is -0.452 e. The van der Waals surface area contributed by atoms with Crippen LogP contribution in [-0.2, 0) is 11.3 Å². The lowest BCUT2D eigenvalue weighted by atomic mass is 9.96. The molecule has 4 aromatic rings. The summed E-state index contributed by atoms with van der Waals surface area (Å²) in [6, 6.07) is 21.4. The summed E-state index contributed by atoms with van der Waals surface area (Å²) in [4.78, 5) is 25.7. The van der Waals surface area contributed by atoms with Gasteiger partial charge in [-0.15, -0.1) is 10.2 Å². The number of hydrogen-bond acceptors (Lipinski definition) is 6. The fraction of sp³-hybridized carbons (Fsp3) is 0.120. The molecule has 0 aliphatic rings. The summed E-state index contributed by atoms with van der Waals surface area (Å²) in [6.07, 6.45) is 0. The standard InChI is InChI=1S/C25H20N2O4/c1-16-12-13-19(14-17(16)2)23(28)20-10-6-7-11-21(20)25(29)30-15-22-26-27-24(31-22)18-8-4-3-5-9-18/h3-14H,15H2,1-2H3. The van der Waals surface area contributed by atoms with E-state index in [4.69, 9.17) is 9.15 Å². The summed E-state index contributed by atoms with van der Waals surface area (Å²) in [5.41, 5.74) is 3.87. The Kier molecular flexibility index (Phi) is 5.71. The maximum absolute atomic E-state index is 13.0. The second-order valence-electron chi connectivity index (χ2n) is 7.12. The van der Waals surface area contributed by atoms with Crippen LogP contribution in [0, 0.1) is 13.8 Å². The van der Waals surface area contributed by atoms with Crippen molar-refractivity contribution in [2.75, 3.05) is 0 Å². The second-order valence-corrected chi connectivity index (χ2v) is 7.12. The van der Waals surface area contributed by atoms with Gasteiger partial charge in [0, 0.05) is 16.7 Å². The largest absolute Gasteiger partial charge is 0.452 e. The van der Waals surface area contributed by atoms with Crippen LogP contribution < -0.4 is 0 Å². The van der Waals surface area contributed by atoms with Gasteiger partial charge in [-0.25, -0.2) is 4.79 Å². The highest BCUT2D eigenvalue weighted by atomic mass is 16.5. The van der Waals surface area contributed by atoms with Gasteiger partial charge < -0.3 is 9.15 Å². The van der Waals surface area contributed by atoms with E-state index in [1.807, 2.05) is 56.3 Å². The predicted molar refractivity (Wildman–Crippen MR) is 115 cm³/mol. The number of esters is 1. The number of aryl methyl sites for hydroxylation is 2. The molecule has 0 N–H and O–H groups in total. The third-order valence-corrected chi connectivity index (χ3v) is 4.98. The van der Waals surface area contributed by atoms with Crippen LogP contribution >= 0.6 is 0 Å². The zero-order valence-corrected chi connectivity index (χ0v) is 17.2. The van der Waals surface area contributed by atoms with Crippen LogP contribution in [-0.4, -0.2) is 21.9 Å². The summed E-state index contributed by atoms with van der Waals surface area (Å²) >= 11 is 0. The average Bonchev–Trinajstić information content (AvgIpc) is 3.28. The molecule has 0 aliphatic heterocycles. The molecule has 0 saturated heterocycles. The van der Waals surface area contributed by atoms with Crippen LogP contribution in [0.2, 0.25) is 0 Å². The molecule has 0 spiro atoms. The lowest BCUT2D eigenvalue weighted by Gasteiger charge is -2.09. The number of nitrogens with zero attached hydrogens (tertiary/aromatic N) is 2. The quantitative estimate of drug-likeness (QED) is 0.329. The minimum atomic E-state index is -0.632. The van der Waals surface area contributed by atoms with Gasteiger partial charge in [-0.3, -0.25) is 4.79 Å². The molecule has 0 aliphatic carbocycles. The van der Waals surface area contributed by atoms with Crippen molar-refractivity contribution in [3.63, 3.8) is 0 Å². The van der Waals surface area contributed by atoms with Crippen LogP contribution in [0.5, 0.6) is 0 Å². The predicted octanol–water partition coefficient (Wildman–Crippen LogP) is 4.94. The van der Waals surface area contributed by atoms with E-state index >= 15 is 0 Å². The summed E-state index contributed by atoms with van der Waals surface area (Å²) < 4.78 is 10.9. The summed E-state index contributed by atoms with van der Waals surface area (Å²) in [5.74, 6) is -0.353. The molecule has 0 saturated carbocycles. The van der Waals surface area contributed by atoms with Gasteiger partial charge in [-0.2, -0.15) is 0 Å². The molecule has 4 rings (SSSR count). The van der Waals surface area contributed by atoms with Crippen molar-refractivity contribution in [2.24, 2.45) is 0 Å². The molecule has 0 fully saturated rings. The fourth-order valence-corrected chi connectivity index (χ4v) is 3.11. The van der Waals surface area contributed by atoms with Crippen molar-refractivity contribution in [3.05, 3.63) is 107 Å². The third-order valence-electron chi connectivity index (χ3n) is 4.98. The highest BCUT2D eigenvalue weighted by Gasteiger charge is 2.20. The first-order chi connectivity index (χ1) is 15.0. The van der Waals surface area contributed by atoms with Gasteiger partial charge in [0.1, 0.15) is 0 Å². The third kappa shape index (κ3) is 4.43. The normalized spacial score (nSPS) is 10.6. The Morgan fingerprint density at radius 2 is 1.55 bits per heavy atom. The number of aromatic nitrogens is 2. The lowest BCUT2D eigenvalue weighted by Crippen LogP contribution is -2.13. The van der Waals surface area contributed by atoms with Gasteiger partial charge >= 0.3 is 5.97 Å². The number of carbonyl (C=O) groups is 2. The van der Waals surface area contributed by atoms with E-state index in [1.54, 1.807) is 30.3 Å². The Balaban J connectivity index is 1.50. The lowest BCUT2D eigenvalue weighted by molar-refractivity contribution is 0.0436. The van der Waals surface area contributed by atoms with E-state index in [-0.39, 0.29) is 29.4 Å². The zero-order valence-electron chi connectivity index (χ0n) is 17.2. The molecule has 6 nitrogen and oxygen atoms in total. The van der Waals surface area contributed by atoms with Crippen LogP contribution in [0.15, 0.2) is 77.2 Å². The highest BCUT2D eigenvalue weighted by Crippen LogP contribution is 2.20. The van der Waals surface area contributed by atoms with Crippen molar-refractivity contribution in [1.29, 1.82) is 0 Å². The number of hydrogen-bond donors (Lipinski definition) is 0. The zero-order chi connectivity index (χ0) is 21.8. The molecule has 0 atom stereocenters. The van der Waals surface area contributed by atoms with Gasteiger partial charge in [0.25, 0.3) is 5.89 Å². The molecule has 3 aromatic carbocycles. The molecule has 0 radical (unpaired) electrons. The number of ether oxygens (including phenoxy) is 1. The van der Waals surface area contributed by atoms with Crippen LogP contribution in [0.25, 0.3) is 11.5 Å². The van der Waals surface area contributed by atoms with Gasteiger partial charge in [-0.05, 0) is 49.2 Å². The van der Waals surface area contributed by atoms with E-state index in [9.17, 15) is 9.59 Å². The van der Waals surface area contributed by atoms with Crippen molar-refractivity contribution >= 4 is 11.8 Å². The van der Waals surface area contributed by atoms with Crippen molar-refractivity contribution in [1.82, 2.24) is 10.2 Å². The first kappa shape index (κ1) is 20.2. The summed E-state index contributed by atoms with van der Waals surface area (Å²) in [5, 5.41) is 7.90. The summed E-state index contributed by atoms with van der Waals surface area (Å²) in [6.45, 7) is 3.74. The van der Waals surface area contributed by atoms with Gasteiger partial charge in [0.2, 0.25) is 5.89 Å². The van der Waals surface area contributed by atoms with E-state index in [0.717, 1.165) is 16.7 Å². The molecular weight excluding hydrogens is 392 g/mol. The molecular formula is C25H20N2O4. The second kappa shape index (κ2) is 8.75. The van der Waals surface area contributed by atoms with Gasteiger partial charge in [0.15, 0.2) is 12.4 Å². The van der Waals surface area contributed by atoms with Crippen LogP contribution in [0.4, 0.5) is 0 Å². The van der Waals surface area contributed by atoms with Gasteiger partial charge in [-0.1, -0.05) is 48.5 Å². The van der Waals surface area contributed by atoms with E-state index in [2.05, 4.69) is 10.2 Å². The first-order valence-electron chi connectivity index (χ1n) is 9.79. The molecule has 6 heteroatoms. The maximum Gasteiger partial charge on any atom is 0.339 e. The average molecular weight is 412 g/mol. The van der Waals surface area contributed by atoms with Crippen LogP contribution in [0.1, 0.15) is 43.3 Å². The molecule has 0 amide bonds. The van der Waals surface area contributed by atoms with Crippen molar-refractivity contribution < 1.29 is 18.7 Å². The number of benzene rings is 3. The molecule has 0 bridgehead atoms. The number of carbonyl (C=O) groups excluding carboxylic acids is 2. The van der Waals surface area contributed by atoms with E-state index in [0.29, 0.717) is 11.5 Å². The smallest absolute Gasteiger partial charge is 0.339 e. The summed E-state index contributed by atoms with van der Waals surface area (Å²) in [7, 11) is 0. The van der Waals surface area contributed by atoms with Crippen molar-refractivity contribution in [2.45, 2.75) is 20.5 Å². The van der Waals surface area contributed by atoms with E-state index in [1.165, 1.54) is 0 Å². The Bertz CT molecular complexity index is 1250. The van der Waals surface area contributed by atoms with Crippen LogP contribution in [0.3, 0.4) is 0 Å². The fourth-order valence-electron chi connectivity index (χ4n) is 3.11.